The molecular weight excluding hydrogens is 264 g/mol. The molecule has 0 atom stereocenters. The van der Waals surface area contributed by atoms with Crippen molar-refractivity contribution in [2.45, 2.75) is 6.42 Å². The maximum atomic E-state index is 11.7. The molecule has 1 rings (SSSR count). The maximum Gasteiger partial charge on any atom is 0.251 e. The molecule has 2 amide bonds. The number of ether oxygens (including phenoxy) is 1. The number of hydrogen-bond acceptors (Lipinski definition) is 5. The van der Waals surface area contributed by atoms with Crippen LogP contribution in [0.3, 0.4) is 0 Å². The second-order valence-corrected chi connectivity index (χ2v) is 4.05. The highest BCUT2D eigenvalue weighted by Gasteiger charge is 2.09. The molecule has 0 unspecified atom stereocenters. The number of phenols is 2. The van der Waals surface area contributed by atoms with Crippen molar-refractivity contribution in [1.82, 2.24) is 10.6 Å². The maximum absolute atomic E-state index is 11.7. The molecule has 1 aromatic carbocycles. The molecular formula is C13H18N2O5. The molecule has 1 aromatic rings. The van der Waals surface area contributed by atoms with E-state index in [1.807, 2.05) is 0 Å². The van der Waals surface area contributed by atoms with Crippen molar-refractivity contribution >= 4 is 11.8 Å². The first-order valence-electron chi connectivity index (χ1n) is 6.10. The Morgan fingerprint density at radius 3 is 2.55 bits per heavy atom. The Balaban J connectivity index is 2.32. The van der Waals surface area contributed by atoms with Crippen molar-refractivity contribution in [3.8, 4) is 11.5 Å². The van der Waals surface area contributed by atoms with Crippen LogP contribution in [0, 0.1) is 0 Å². The molecule has 4 N–H and O–H groups in total. The Morgan fingerprint density at radius 1 is 1.15 bits per heavy atom. The van der Waals surface area contributed by atoms with Gasteiger partial charge in [0.1, 0.15) is 0 Å². The molecule has 0 saturated heterocycles. The van der Waals surface area contributed by atoms with Crippen LogP contribution in [-0.4, -0.2) is 48.8 Å². The number of hydrogen-bond donors (Lipinski definition) is 4. The van der Waals surface area contributed by atoms with E-state index in [-0.39, 0.29) is 35.9 Å². The topological polar surface area (TPSA) is 108 Å². The van der Waals surface area contributed by atoms with Gasteiger partial charge in [0, 0.05) is 32.2 Å². The second kappa shape index (κ2) is 8.00. The van der Waals surface area contributed by atoms with E-state index in [0.717, 1.165) is 6.07 Å². The molecule has 0 fully saturated rings. The van der Waals surface area contributed by atoms with Crippen LogP contribution >= 0.6 is 0 Å². The minimum atomic E-state index is -0.426. The van der Waals surface area contributed by atoms with Crippen molar-refractivity contribution in [3.63, 3.8) is 0 Å². The lowest BCUT2D eigenvalue weighted by Gasteiger charge is -2.07. The summed E-state index contributed by atoms with van der Waals surface area (Å²) in [5.41, 5.74) is 0.208. The Kier molecular flexibility index (Phi) is 6.31. The van der Waals surface area contributed by atoms with Crippen molar-refractivity contribution in [3.05, 3.63) is 23.8 Å². The monoisotopic (exact) mass is 282 g/mol. The zero-order valence-electron chi connectivity index (χ0n) is 11.2. The number of carbonyl (C=O) groups excluding carboxylic acids is 2. The van der Waals surface area contributed by atoms with Crippen molar-refractivity contribution in [1.29, 1.82) is 0 Å². The summed E-state index contributed by atoms with van der Waals surface area (Å²) in [6, 6.07) is 3.76. The van der Waals surface area contributed by atoms with Gasteiger partial charge in [-0.1, -0.05) is 0 Å². The lowest BCUT2D eigenvalue weighted by molar-refractivity contribution is -0.121. The van der Waals surface area contributed by atoms with E-state index in [4.69, 9.17) is 9.84 Å². The summed E-state index contributed by atoms with van der Waals surface area (Å²) >= 11 is 0. The van der Waals surface area contributed by atoms with Gasteiger partial charge >= 0.3 is 0 Å². The van der Waals surface area contributed by atoms with Gasteiger partial charge in [0.15, 0.2) is 11.5 Å². The fourth-order valence-electron chi connectivity index (χ4n) is 1.44. The summed E-state index contributed by atoms with van der Waals surface area (Å²) in [7, 11) is 1.54. The third-order valence-corrected chi connectivity index (χ3v) is 2.50. The van der Waals surface area contributed by atoms with Gasteiger partial charge in [0.2, 0.25) is 5.91 Å². The fraction of sp³-hybridized carbons (Fsp3) is 0.385. The molecule has 0 aliphatic heterocycles. The predicted octanol–water partition coefficient (Wildman–Crippen LogP) is -0.0197. The summed E-state index contributed by atoms with van der Waals surface area (Å²) in [5, 5.41) is 23.6. The molecule has 0 radical (unpaired) electrons. The number of amides is 2. The van der Waals surface area contributed by atoms with Gasteiger partial charge in [0.25, 0.3) is 5.91 Å². The van der Waals surface area contributed by atoms with Gasteiger partial charge < -0.3 is 25.6 Å². The smallest absolute Gasteiger partial charge is 0.251 e. The fourth-order valence-corrected chi connectivity index (χ4v) is 1.44. The van der Waals surface area contributed by atoms with Crippen LogP contribution in [0.25, 0.3) is 0 Å². The van der Waals surface area contributed by atoms with Gasteiger partial charge in [-0.05, 0) is 18.2 Å². The third-order valence-electron chi connectivity index (χ3n) is 2.50. The molecule has 0 aromatic heterocycles. The summed E-state index contributed by atoms with van der Waals surface area (Å²) < 4.78 is 4.79. The lowest BCUT2D eigenvalue weighted by Crippen LogP contribution is -2.32. The number of methoxy groups -OCH3 is 1. The lowest BCUT2D eigenvalue weighted by atomic mass is 10.2. The highest BCUT2D eigenvalue weighted by molar-refractivity contribution is 5.95. The van der Waals surface area contributed by atoms with Gasteiger partial charge in [-0.15, -0.1) is 0 Å². The predicted molar refractivity (Wildman–Crippen MR) is 71.6 cm³/mol. The molecule has 7 heteroatoms. The van der Waals surface area contributed by atoms with Crippen LogP contribution in [0.4, 0.5) is 0 Å². The molecule has 0 saturated carbocycles. The van der Waals surface area contributed by atoms with Gasteiger partial charge in [-0.25, -0.2) is 0 Å². The molecule has 0 spiro atoms. The Bertz CT molecular complexity index is 476. The number of nitrogens with one attached hydrogen (secondary N) is 2. The van der Waals surface area contributed by atoms with Crippen LogP contribution in [0.15, 0.2) is 18.2 Å². The highest BCUT2D eigenvalue weighted by atomic mass is 16.5. The molecule has 0 bridgehead atoms. The van der Waals surface area contributed by atoms with E-state index in [9.17, 15) is 14.7 Å². The number of carbonyl (C=O) groups is 2. The average molecular weight is 282 g/mol. The number of phenolic OH excluding ortho intramolecular Hbond substituents is 2. The standard InChI is InChI=1S/C13H18N2O5/c1-20-7-6-14-12(18)4-5-15-13(19)9-2-3-10(16)11(17)8-9/h2-3,8,16-17H,4-7H2,1H3,(H,14,18)(H,15,19). The van der Waals surface area contributed by atoms with E-state index >= 15 is 0 Å². The van der Waals surface area contributed by atoms with E-state index < -0.39 is 5.91 Å². The Morgan fingerprint density at radius 2 is 1.90 bits per heavy atom. The van der Waals surface area contributed by atoms with E-state index in [1.54, 1.807) is 7.11 Å². The van der Waals surface area contributed by atoms with Crippen LogP contribution in [-0.2, 0) is 9.53 Å². The summed E-state index contributed by atoms with van der Waals surface area (Å²) in [6.45, 7) is 1.04. The number of benzene rings is 1. The molecule has 0 aliphatic rings. The van der Waals surface area contributed by atoms with E-state index in [2.05, 4.69) is 10.6 Å². The first-order valence-corrected chi connectivity index (χ1v) is 6.10. The van der Waals surface area contributed by atoms with Crippen LogP contribution in [0.1, 0.15) is 16.8 Å². The molecule has 20 heavy (non-hydrogen) atoms. The van der Waals surface area contributed by atoms with Crippen molar-refractivity contribution in [2.75, 3.05) is 26.8 Å². The minimum absolute atomic E-state index is 0.152. The molecule has 110 valence electrons. The first kappa shape index (κ1) is 15.8. The van der Waals surface area contributed by atoms with Gasteiger partial charge in [0.05, 0.1) is 6.61 Å². The molecule has 0 heterocycles. The Labute approximate surface area is 116 Å². The largest absolute Gasteiger partial charge is 0.504 e. The van der Waals surface area contributed by atoms with Gasteiger partial charge in [-0.2, -0.15) is 0 Å². The third kappa shape index (κ3) is 5.15. The zero-order valence-corrected chi connectivity index (χ0v) is 11.2. The Hall–Kier alpha value is -2.28. The first-order chi connectivity index (χ1) is 9.54. The van der Waals surface area contributed by atoms with Gasteiger partial charge in [-0.3, -0.25) is 9.59 Å². The SMILES string of the molecule is COCCNC(=O)CCNC(=O)c1ccc(O)c(O)c1. The average Bonchev–Trinajstić information content (AvgIpc) is 2.42. The molecule has 0 aliphatic carbocycles. The van der Waals surface area contributed by atoms with Crippen LogP contribution in [0.5, 0.6) is 11.5 Å². The van der Waals surface area contributed by atoms with Crippen molar-refractivity contribution in [2.24, 2.45) is 0 Å². The minimum Gasteiger partial charge on any atom is -0.504 e. The summed E-state index contributed by atoms with van der Waals surface area (Å²) in [5.74, 6) is -1.27. The quantitative estimate of drug-likeness (QED) is 0.415. The summed E-state index contributed by atoms with van der Waals surface area (Å²) in [6.07, 6.45) is 0.152. The normalized spacial score (nSPS) is 10.1. The van der Waals surface area contributed by atoms with Crippen LogP contribution in [0.2, 0.25) is 0 Å². The van der Waals surface area contributed by atoms with Crippen molar-refractivity contribution < 1.29 is 24.5 Å². The highest BCUT2D eigenvalue weighted by Crippen LogP contribution is 2.24. The summed E-state index contributed by atoms with van der Waals surface area (Å²) in [4.78, 5) is 23.0. The van der Waals surface area contributed by atoms with E-state index in [0.29, 0.717) is 13.2 Å². The number of rotatable bonds is 7. The zero-order chi connectivity index (χ0) is 15.0. The van der Waals surface area contributed by atoms with E-state index in [1.165, 1.54) is 12.1 Å². The molecule has 7 nitrogen and oxygen atoms in total. The second-order valence-electron chi connectivity index (χ2n) is 4.05. The van der Waals surface area contributed by atoms with Crippen LogP contribution < -0.4 is 10.6 Å². The number of aromatic hydroxyl groups is 2.